The van der Waals surface area contributed by atoms with E-state index in [0.717, 1.165) is 18.4 Å². The Labute approximate surface area is 149 Å². The third-order valence-electron chi connectivity index (χ3n) is 4.99. The van der Waals surface area contributed by atoms with Gasteiger partial charge in [0, 0.05) is 32.1 Å². The fraction of sp³-hybridized carbons (Fsp3) is 0.600. The molecule has 0 radical (unpaired) electrons. The smallest absolute Gasteiger partial charge is 0.410 e. The summed E-state index contributed by atoms with van der Waals surface area (Å²) < 4.78 is 5.51. The Kier molecular flexibility index (Phi) is 5.02. The fourth-order valence-corrected chi connectivity index (χ4v) is 3.83. The molecule has 0 aromatic heterocycles. The van der Waals surface area contributed by atoms with Crippen LogP contribution in [0.2, 0.25) is 0 Å². The molecule has 25 heavy (non-hydrogen) atoms. The van der Waals surface area contributed by atoms with Crippen LogP contribution in [-0.2, 0) is 16.1 Å². The molecule has 5 heteroatoms. The van der Waals surface area contributed by atoms with E-state index < -0.39 is 5.60 Å². The first kappa shape index (κ1) is 17.8. The van der Waals surface area contributed by atoms with Crippen LogP contribution >= 0.6 is 0 Å². The maximum Gasteiger partial charge on any atom is 0.410 e. The molecule has 136 valence electrons. The van der Waals surface area contributed by atoms with Gasteiger partial charge in [0.1, 0.15) is 5.60 Å². The van der Waals surface area contributed by atoms with Crippen LogP contribution in [0.25, 0.3) is 0 Å². The summed E-state index contributed by atoms with van der Waals surface area (Å²) in [6.07, 6.45) is 2.00. The summed E-state index contributed by atoms with van der Waals surface area (Å²) in [5.74, 6) is 0.568. The van der Waals surface area contributed by atoms with Gasteiger partial charge in [0.05, 0.1) is 0 Å². The number of carbonyl (C=O) groups is 2. The highest BCUT2D eigenvalue weighted by Crippen LogP contribution is 2.33. The molecule has 0 N–H and O–H groups in total. The molecule has 1 aromatic rings. The zero-order chi connectivity index (χ0) is 18.0. The van der Waals surface area contributed by atoms with Gasteiger partial charge in [-0.25, -0.2) is 4.79 Å². The van der Waals surface area contributed by atoms with Crippen molar-refractivity contribution in [2.75, 3.05) is 13.1 Å². The largest absolute Gasteiger partial charge is 0.444 e. The van der Waals surface area contributed by atoms with Crippen LogP contribution in [0.5, 0.6) is 0 Å². The first-order valence-corrected chi connectivity index (χ1v) is 9.15. The van der Waals surface area contributed by atoms with Gasteiger partial charge in [-0.3, -0.25) is 4.79 Å². The third-order valence-corrected chi connectivity index (χ3v) is 4.99. The standard InChI is InChI=1S/C20H28N2O3/c1-20(2,3)25-19(24)21-12-11-17-16(14-21)9-10-18(23)22(17)13-15-7-5-4-6-8-15/h4-8,16-17H,9-14H2,1-3H3. The average Bonchev–Trinajstić information content (AvgIpc) is 2.56. The molecular weight excluding hydrogens is 316 g/mol. The minimum absolute atomic E-state index is 0.222. The summed E-state index contributed by atoms with van der Waals surface area (Å²) >= 11 is 0. The van der Waals surface area contributed by atoms with Gasteiger partial charge in [0.2, 0.25) is 5.91 Å². The van der Waals surface area contributed by atoms with Crippen molar-refractivity contribution in [3.05, 3.63) is 35.9 Å². The number of likely N-dealkylation sites (tertiary alicyclic amines) is 2. The number of fused-ring (bicyclic) bond motifs is 1. The van der Waals surface area contributed by atoms with E-state index in [9.17, 15) is 9.59 Å². The summed E-state index contributed by atoms with van der Waals surface area (Å²) in [6.45, 7) is 7.65. The van der Waals surface area contributed by atoms with Crippen LogP contribution in [-0.4, -0.2) is 46.5 Å². The second-order valence-electron chi connectivity index (χ2n) is 8.09. The van der Waals surface area contributed by atoms with Gasteiger partial charge < -0.3 is 14.5 Å². The number of hydrogen-bond acceptors (Lipinski definition) is 3. The minimum Gasteiger partial charge on any atom is -0.444 e. The first-order chi connectivity index (χ1) is 11.8. The molecule has 2 amide bonds. The van der Waals surface area contributed by atoms with Crippen molar-refractivity contribution in [3.63, 3.8) is 0 Å². The van der Waals surface area contributed by atoms with Gasteiger partial charge in [-0.05, 0) is 45.1 Å². The lowest BCUT2D eigenvalue weighted by molar-refractivity contribution is -0.141. The van der Waals surface area contributed by atoms with E-state index in [0.29, 0.717) is 32.0 Å². The van der Waals surface area contributed by atoms with Gasteiger partial charge in [0.25, 0.3) is 0 Å². The lowest BCUT2D eigenvalue weighted by Gasteiger charge is -2.47. The monoisotopic (exact) mass is 344 g/mol. The normalized spacial score (nSPS) is 24.0. The highest BCUT2D eigenvalue weighted by Gasteiger charge is 2.41. The van der Waals surface area contributed by atoms with Crippen LogP contribution in [0.4, 0.5) is 4.79 Å². The maximum absolute atomic E-state index is 12.5. The van der Waals surface area contributed by atoms with E-state index in [1.54, 1.807) is 0 Å². The molecule has 1 aromatic carbocycles. The Morgan fingerprint density at radius 1 is 1.20 bits per heavy atom. The van der Waals surface area contributed by atoms with Gasteiger partial charge in [-0.15, -0.1) is 0 Å². The van der Waals surface area contributed by atoms with Crippen LogP contribution in [0.3, 0.4) is 0 Å². The van der Waals surface area contributed by atoms with Crippen molar-refractivity contribution in [1.82, 2.24) is 9.80 Å². The summed E-state index contributed by atoms with van der Waals surface area (Å²) in [5.41, 5.74) is 0.682. The average molecular weight is 344 g/mol. The molecule has 2 heterocycles. The number of amides is 2. The lowest BCUT2D eigenvalue weighted by Crippen LogP contribution is -2.56. The van der Waals surface area contributed by atoms with Gasteiger partial charge in [-0.2, -0.15) is 0 Å². The van der Waals surface area contributed by atoms with Crippen LogP contribution in [0.1, 0.15) is 45.6 Å². The van der Waals surface area contributed by atoms with Crippen molar-refractivity contribution < 1.29 is 14.3 Å². The van der Waals surface area contributed by atoms with Crippen molar-refractivity contribution in [3.8, 4) is 0 Å². The van der Waals surface area contributed by atoms with E-state index in [-0.39, 0.29) is 18.0 Å². The number of piperidine rings is 2. The fourth-order valence-electron chi connectivity index (χ4n) is 3.83. The van der Waals surface area contributed by atoms with E-state index in [1.165, 1.54) is 0 Å². The van der Waals surface area contributed by atoms with Gasteiger partial charge in [-0.1, -0.05) is 30.3 Å². The SMILES string of the molecule is CC(C)(C)OC(=O)N1CCC2C(CCC(=O)N2Cc2ccccc2)C1. The van der Waals surface area contributed by atoms with Crippen LogP contribution in [0, 0.1) is 5.92 Å². The quantitative estimate of drug-likeness (QED) is 0.826. The maximum atomic E-state index is 12.5. The molecule has 2 fully saturated rings. The van der Waals surface area contributed by atoms with E-state index in [2.05, 4.69) is 12.1 Å². The van der Waals surface area contributed by atoms with Crippen LogP contribution in [0.15, 0.2) is 30.3 Å². The van der Waals surface area contributed by atoms with E-state index in [4.69, 9.17) is 4.74 Å². The molecule has 0 bridgehead atoms. The molecular formula is C20H28N2O3. The molecule has 0 aliphatic carbocycles. The second-order valence-corrected chi connectivity index (χ2v) is 8.09. The van der Waals surface area contributed by atoms with Gasteiger partial charge >= 0.3 is 6.09 Å². The zero-order valence-corrected chi connectivity index (χ0v) is 15.4. The summed E-state index contributed by atoms with van der Waals surface area (Å²) in [7, 11) is 0. The predicted molar refractivity (Wildman–Crippen MR) is 95.9 cm³/mol. The molecule has 0 spiro atoms. The molecule has 2 atom stereocenters. The molecule has 0 saturated carbocycles. The first-order valence-electron chi connectivity index (χ1n) is 9.15. The molecule has 5 nitrogen and oxygen atoms in total. The number of hydrogen-bond donors (Lipinski definition) is 0. The number of rotatable bonds is 2. The predicted octanol–water partition coefficient (Wildman–Crippen LogP) is 3.43. The van der Waals surface area contributed by atoms with E-state index in [1.807, 2.05) is 48.8 Å². The molecule has 2 unspecified atom stereocenters. The number of carbonyl (C=O) groups excluding carboxylic acids is 2. The Bertz CT molecular complexity index is 624. The Hall–Kier alpha value is -2.04. The number of nitrogens with zero attached hydrogens (tertiary/aromatic N) is 2. The van der Waals surface area contributed by atoms with E-state index >= 15 is 0 Å². The van der Waals surface area contributed by atoms with Crippen molar-refractivity contribution >= 4 is 12.0 Å². The highest BCUT2D eigenvalue weighted by atomic mass is 16.6. The Balaban J connectivity index is 1.66. The van der Waals surface area contributed by atoms with Crippen molar-refractivity contribution in [1.29, 1.82) is 0 Å². The molecule has 2 aliphatic heterocycles. The summed E-state index contributed by atoms with van der Waals surface area (Å²) in [6, 6.07) is 10.3. The molecule has 2 aliphatic rings. The zero-order valence-electron chi connectivity index (χ0n) is 15.4. The number of ether oxygens (including phenoxy) is 1. The Morgan fingerprint density at radius 2 is 1.92 bits per heavy atom. The molecule has 3 rings (SSSR count). The van der Waals surface area contributed by atoms with Crippen molar-refractivity contribution in [2.45, 2.75) is 58.2 Å². The number of benzene rings is 1. The highest BCUT2D eigenvalue weighted by molar-refractivity contribution is 5.77. The lowest BCUT2D eigenvalue weighted by atomic mass is 9.83. The third kappa shape index (κ3) is 4.33. The topological polar surface area (TPSA) is 49.9 Å². The Morgan fingerprint density at radius 3 is 2.60 bits per heavy atom. The summed E-state index contributed by atoms with van der Waals surface area (Å²) in [5, 5.41) is 0. The minimum atomic E-state index is -0.476. The second kappa shape index (κ2) is 7.06. The van der Waals surface area contributed by atoms with Crippen molar-refractivity contribution in [2.24, 2.45) is 5.92 Å². The van der Waals surface area contributed by atoms with Gasteiger partial charge in [0.15, 0.2) is 0 Å². The summed E-state index contributed by atoms with van der Waals surface area (Å²) in [4.78, 5) is 28.7. The molecule has 2 saturated heterocycles. The van der Waals surface area contributed by atoms with Crippen LogP contribution < -0.4 is 0 Å².